The SMILES string of the molecule is O=C(c1ccc(Br)o1)N1CCC(N2C(=O)CSC2=O)CC1. The van der Waals surface area contributed by atoms with Gasteiger partial charge >= 0.3 is 0 Å². The highest BCUT2D eigenvalue weighted by Gasteiger charge is 2.38. The van der Waals surface area contributed by atoms with Crippen LogP contribution < -0.4 is 0 Å². The van der Waals surface area contributed by atoms with Crippen molar-refractivity contribution in [1.29, 1.82) is 0 Å². The number of hydrogen-bond acceptors (Lipinski definition) is 5. The molecule has 0 N–H and O–H groups in total. The smallest absolute Gasteiger partial charge is 0.289 e. The van der Waals surface area contributed by atoms with E-state index in [-0.39, 0.29) is 28.8 Å². The lowest BCUT2D eigenvalue weighted by Crippen LogP contribution is -2.48. The first kappa shape index (κ1) is 14.6. The van der Waals surface area contributed by atoms with E-state index in [9.17, 15) is 14.4 Å². The van der Waals surface area contributed by atoms with E-state index in [0.29, 0.717) is 36.4 Å². The van der Waals surface area contributed by atoms with Crippen LogP contribution in [0.4, 0.5) is 4.79 Å². The van der Waals surface area contributed by atoms with Gasteiger partial charge in [-0.3, -0.25) is 19.3 Å². The summed E-state index contributed by atoms with van der Waals surface area (Å²) in [6, 6.07) is 3.22. The zero-order valence-corrected chi connectivity index (χ0v) is 13.5. The van der Waals surface area contributed by atoms with E-state index < -0.39 is 0 Å². The molecule has 1 aromatic rings. The zero-order valence-electron chi connectivity index (χ0n) is 11.1. The number of rotatable bonds is 2. The summed E-state index contributed by atoms with van der Waals surface area (Å²) in [4.78, 5) is 38.7. The average Bonchev–Trinajstić information content (AvgIpc) is 3.05. The first-order valence-electron chi connectivity index (χ1n) is 6.59. The molecule has 2 aliphatic heterocycles. The van der Waals surface area contributed by atoms with E-state index in [1.54, 1.807) is 17.0 Å². The predicted octanol–water partition coefficient (Wildman–Crippen LogP) is 2.34. The number of nitrogens with zero attached hydrogens (tertiary/aromatic N) is 2. The summed E-state index contributed by atoms with van der Waals surface area (Å²) in [6.45, 7) is 1.03. The third-order valence-electron chi connectivity index (χ3n) is 3.69. The van der Waals surface area contributed by atoms with Gasteiger partial charge in [-0.1, -0.05) is 11.8 Å². The number of imide groups is 1. The fourth-order valence-electron chi connectivity index (χ4n) is 2.63. The molecule has 0 aliphatic carbocycles. The van der Waals surface area contributed by atoms with Crippen LogP contribution in [0, 0.1) is 0 Å². The van der Waals surface area contributed by atoms with Gasteiger partial charge in [0.05, 0.1) is 5.75 Å². The van der Waals surface area contributed by atoms with Gasteiger partial charge in [-0.15, -0.1) is 0 Å². The van der Waals surface area contributed by atoms with Crippen molar-refractivity contribution in [3.63, 3.8) is 0 Å². The Morgan fingerprint density at radius 2 is 2.00 bits per heavy atom. The van der Waals surface area contributed by atoms with Crippen LogP contribution in [0.15, 0.2) is 21.2 Å². The van der Waals surface area contributed by atoms with Crippen molar-refractivity contribution in [2.75, 3.05) is 18.8 Å². The lowest BCUT2D eigenvalue weighted by molar-refractivity contribution is -0.126. The van der Waals surface area contributed by atoms with Crippen molar-refractivity contribution < 1.29 is 18.8 Å². The second kappa shape index (κ2) is 5.84. The average molecular weight is 373 g/mol. The Kier molecular flexibility index (Phi) is 4.08. The maximum absolute atomic E-state index is 12.2. The topological polar surface area (TPSA) is 70.8 Å². The molecule has 6 nitrogen and oxygen atoms in total. The van der Waals surface area contributed by atoms with Crippen LogP contribution in [-0.2, 0) is 4.79 Å². The molecule has 0 radical (unpaired) electrons. The van der Waals surface area contributed by atoms with Gasteiger partial charge in [-0.25, -0.2) is 0 Å². The van der Waals surface area contributed by atoms with E-state index in [2.05, 4.69) is 15.9 Å². The van der Waals surface area contributed by atoms with Crippen LogP contribution in [0.2, 0.25) is 0 Å². The maximum Gasteiger partial charge on any atom is 0.289 e. The van der Waals surface area contributed by atoms with Crippen LogP contribution in [0.1, 0.15) is 23.4 Å². The number of carbonyl (C=O) groups excluding carboxylic acids is 3. The number of hydrogen-bond donors (Lipinski definition) is 0. The molecule has 0 spiro atoms. The minimum absolute atomic E-state index is 0.0904. The van der Waals surface area contributed by atoms with Crippen molar-refractivity contribution in [3.8, 4) is 0 Å². The fraction of sp³-hybridized carbons (Fsp3) is 0.462. The zero-order chi connectivity index (χ0) is 15.0. The van der Waals surface area contributed by atoms with E-state index in [0.717, 1.165) is 11.8 Å². The Hall–Kier alpha value is -1.28. The van der Waals surface area contributed by atoms with Crippen LogP contribution in [-0.4, -0.2) is 51.7 Å². The molecule has 1 aromatic heterocycles. The minimum Gasteiger partial charge on any atom is -0.444 e. The van der Waals surface area contributed by atoms with Gasteiger partial charge in [0.25, 0.3) is 11.1 Å². The summed E-state index contributed by atoms with van der Waals surface area (Å²) in [5.74, 6) is 0.250. The number of amides is 3. The van der Waals surface area contributed by atoms with Crippen LogP contribution in [0.3, 0.4) is 0 Å². The molecule has 0 saturated carbocycles. The molecule has 0 atom stereocenters. The van der Waals surface area contributed by atoms with E-state index in [4.69, 9.17) is 4.42 Å². The lowest BCUT2D eigenvalue weighted by atomic mass is 10.0. The van der Waals surface area contributed by atoms with Crippen molar-refractivity contribution in [1.82, 2.24) is 9.80 Å². The number of thioether (sulfide) groups is 1. The quantitative estimate of drug-likeness (QED) is 0.796. The highest BCUT2D eigenvalue weighted by Crippen LogP contribution is 2.27. The normalized spacial score (nSPS) is 20.4. The molecular formula is C13H13BrN2O4S. The number of piperidine rings is 1. The van der Waals surface area contributed by atoms with Gasteiger partial charge in [-0.2, -0.15) is 0 Å². The standard InChI is InChI=1S/C13H13BrN2O4S/c14-10-2-1-9(20-10)12(18)15-5-3-8(4-6-15)16-11(17)7-21-13(16)19/h1-2,8H,3-7H2. The third-order valence-corrected chi connectivity index (χ3v) is 4.95. The van der Waals surface area contributed by atoms with Crippen molar-refractivity contribution in [3.05, 3.63) is 22.6 Å². The number of likely N-dealkylation sites (tertiary alicyclic amines) is 1. The van der Waals surface area contributed by atoms with Gasteiger partial charge < -0.3 is 9.32 Å². The van der Waals surface area contributed by atoms with Gasteiger partial charge in [0.15, 0.2) is 10.4 Å². The van der Waals surface area contributed by atoms with Crippen LogP contribution in [0.5, 0.6) is 0 Å². The molecule has 3 heterocycles. The summed E-state index contributed by atoms with van der Waals surface area (Å²) in [5, 5.41) is -0.167. The van der Waals surface area contributed by atoms with E-state index >= 15 is 0 Å². The molecule has 2 fully saturated rings. The minimum atomic E-state index is -0.167. The Balaban J connectivity index is 1.61. The summed E-state index contributed by atoms with van der Waals surface area (Å²) in [5.41, 5.74) is 0. The molecular weight excluding hydrogens is 360 g/mol. The Bertz CT molecular complexity index is 579. The summed E-state index contributed by atoms with van der Waals surface area (Å²) in [7, 11) is 0. The monoisotopic (exact) mass is 372 g/mol. The van der Waals surface area contributed by atoms with Crippen LogP contribution >= 0.6 is 27.7 Å². The van der Waals surface area contributed by atoms with Crippen molar-refractivity contribution in [2.45, 2.75) is 18.9 Å². The Morgan fingerprint density at radius 1 is 1.29 bits per heavy atom. The van der Waals surface area contributed by atoms with Gasteiger partial charge in [0.2, 0.25) is 5.91 Å². The van der Waals surface area contributed by atoms with E-state index in [1.165, 1.54) is 4.90 Å². The number of halogens is 1. The molecule has 21 heavy (non-hydrogen) atoms. The molecule has 0 unspecified atom stereocenters. The highest BCUT2D eigenvalue weighted by atomic mass is 79.9. The molecule has 112 valence electrons. The molecule has 3 amide bonds. The summed E-state index contributed by atoms with van der Waals surface area (Å²) in [6.07, 6.45) is 1.23. The Labute approximate surface area is 133 Å². The van der Waals surface area contributed by atoms with Crippen molar-refractivity contribution in [2.24, 2.45) is 0 Å². The first-order valence-corrected chi connectivity index (χ1v) is 8.37. The van der Waals surface area contributed by atoms with Gasteiger partial charge in [0, 0.05) is 19.1 Å². The molecule has 3 rings (SSSR count). The molecule has 0 aromatic carbocycles. The molecule has 2 saturated heterocycles. The second-order valence-corrected chi connectivity index (χ2v) is 6.65. The van der Waals surface area contributed by atoms with Crippen molar-refractivity contribution >= 4 is 44.7 Å². The largest absolute Gasteiger partial charge is 0.444 e. The third kappa shape index (κ3) is 2.87. The molecule has 8 heteroatoms. The van der Waals surface area contributed by atoms with Gasteiger partial charge in [-0.05, 0) is 40.9 Å². The summed E-state index contributed by atoms with van der Waals surface area (Å²) >= 11 is 4.22. The molecule has 2 aliphatic rings. The Morgan fingerprint density at radius 3 is 2.52 bits per heavy atom. The fourth-order valence-corrected chi connectivity index (χ4v) is 3.71. The maximum atomic E-state index is 12.2. The number of carbonyl (C=O) groups is 3. The lowest BCUT2D eigenvalue weighted by Gasteiger charge is -2.35. The van der Waals surface area contributed by atoms with E-state index in [1.807, 2.05) is 0 Å². The molecule has 0 bridgehead atoms. The second-order valence-electron chi connectivity index (χ2n) is 4.95. The predicted molar refractivity (Wildman–Crippen MR) is 80.0 cm³/mol. The first-order chi connectivity index (χ1) is 10.1. The summed E-state index contributed by atoms with van der Waals surface area (Å²) < 4.78 is 5.78. The van der Waals surface area contributed by atoms with Crippen LogP contribution in [0.25, 0.3) is 0 Å². The number of furan rings is 1. The highest BCUT2D eigenvalue weighted by molar-refractivity contribution is 9.10. The van der Waals surface area contributed by atoms with Gasteiger partial charge in [0.1, 0.15) is 0 Å².